The molecule has 1 atom stereocenters. The van der Waals surface area contributed by atoms with Crippen molar-refractivity contribution < 1.29 is 9.90 Å². The number of carbonyl (C=O) groups is 1. The van der Waals surface area contributed by atoms with E-state index in [-0.39, 0.29) is 5.91 Å². The van der Waals surface area contributed by atoms with E-state index < -0.39 is 5.60 Å². The number of rotatable bonds is 3. The molecule has 4 nitrogen and oxygen atoms in total. The second-order valence-electron chi connectivity index (χ2n) is 7.56. The number of likely N-dealkylation sites (tertiary alicyclic amines) is 2. The first-order valence-electron chi connectivity index (χ1n) is 9.36. The molecule has 2 heterocycles. The van der Waals surface area contributed by atoms with E-state index in [0.717, 1.165) is 48.8 Å². The Morgan fingerprint density at radius 3 is 2.60 bits per heavy atom. The molecule has 2 aliphatic rings. The zero-order valence-electron chi connectivity index (χ0n) is 14.7. The second kappa shape index (κ2) is 6.77. The van der Waals surface area contributed by atoms with E-state index in [1.807, 2.05) is 47.4 Å². The average molecular weight is 338 g/mol. The fraction of sp³-hybridized carbons (Fsp3) is 0.476. The smallest absolute Gasteiger partial charge is 0.254 e. The molecule has 2 aliphatic heterocycles. The lowest BCUT2D eigenvalue weighted by molar-refractivity contribution is -0.0430. The predicted molar refractivity (Wildman–Crippen MR) is 99.7 cm³/mol. The Balaban J connectivity index is 1.55. The summed E-state index contributed by atoms with van der Waals surface area (Å²) in [6.07, 6.45) is 4.08. The van der Waals surface area contributed by atoms with Gasteiger partial charge in [-0.3, -0.25) is 4.79 Å². The van der Waals surface area contributed by atoms with Crippen LogP contribution in [0.25, 0.3) is 10.8 Å². The summed E-state index contributed by atoms with van der Waals surface area (Å²) in [5, 5.41) is 13.1. The van der Waals surface area contributed by atoms with E-state index in [0.29, 0.717) is 13.1 Å². The highest BCUT2D eigenvalue weighted by molar-refractivity contribution is 6.07. The number of nitrogens with zero attached hydrogens (tertiary/aromatic N) is 2. The van der Waals surface area contributed by atoms with E-state index in [1.165, 1.54) is 12.8 Å². The lowest BCUT2D eigenvalue weighted by atomic mass is 9.91. The third-order valence-corrected chi connectivity index (χ3v) is 5.58. The van der Waals surface area contributed by atoms with E-state index >= 15 is 0 Å². The van der Waals surface area contributed by atoms with Crippen molar-refractivity contribution in [3.05, 3.63) is 48.0 Å². The minimum absolute atomic E-state index is 0.0383. The lowest BCUT2D eigenvalue weighted by Crippen LogP contribution is -2.55. The first-order valence-corrected chi connectivity index (χ1v) is 9.36. The third kappa shape index (κ3) is 3.42. The van der Waals surface area contributed by atoms with Gasteiger partial charge in [-0.15, -0.1) is 0 Å². The van der Waals surface area contributed by atoms with Crippen molar-refractivity contribution in [3.8, 4) is 0 Å². The summed E-state index contributed by atoms with van der Waals surface area (Å²) in [6.45, 7) is 3.99. The van der Waals surface area contributed by atoms with Gasteiger partial charge in [0, 0.05) is 18.7 Å². The highest BCUT2D eigenvalue weighted by Gasteiger charge is 2.37. The first-order chi connectivity index (χ1) is 12.1. The number of amides is 1. The topological polar surface area (TPSA) is 43.8 Å². The third-order valence-electron chi connectivity index (χ3n) is 5.58. The average Bonchev–Trinajstić information content (AvgIpc) is 3.13. The van der Waals surface area contributed by atoms with E-state index in [9.17, 15) is 9.90 Å². The fourth-order valence-electron chi connectivity index (χ4n) is 4.35. The molecule has 0 unspecified atom stereocenters. The summed E-state index contributed by atoms with van der Waals surface area (Å²) in [7, 11) is 0. The Kier molecular flexibility index (Phi) is 4.48. The summed E-state index contributed by atoms with van der Waals surface area (Å²) >= 11 is 0. The van der Waals surface area contributed by atoms with Gasteiger partial charge in [0.15, 0.2) is 0 Å². The van der Waals surface area contributed by atoms with Crippen molar-refractivity contribution in [2.45, 2.75) is 31.3 Å². The molecule has 2 fully saturated rings. The molecule has 2 aromatic rings. The fourth-order valence-corrected chi connectivity index (χ4v) is 4.35. The molecule has 1 N–H and O–H groups in total. The Labute approximate surface area is 149 Å². The zero-order chi connectivity index (χ0) is 17.3. The molecule has 2 aromatic carbocycles. The van der Waals surface area contributed by atoms with Crippen molar-refractivity contribution in [1.29, 1.82) is 0 Å². The van der Waals surface area contributed by atoms with Crippen LogP contribution in [0.5, 0.6) is 0 Å². The molecule has 4 rings (SSSR count). The van der Waals surface area contributed by atoms with Gasteiger partial charge in [0.25, 0.3) is 5.91 Å². The van der Waals surface area contributed by atoms with E-state index in [1.54, 1.807) is 0 Å². The van der Waals surface area contributed by atoms with Gasteiger partial charge in [-0.1, -0.05) is 36.4 Å². The molecule has 4 heteroatoms. The van der Waals surface area contributed by atoms with Gasteiger partial charge in [0.05, 0.1) is 12.1 Å². The number of carbonyl (C=O) groups excluding carboxylic acids is 1. The van der Waals surface area contributed by atoms with Gasteiger partial charge in [-0.05, 0) is 55.6 Å². The number of aliphatic hydroxyl groups is 1. The number of β-amino-alcohol motifs (C(OH)–C–C–N with tert-alkyl or cyclic N) is 1. The van der Waals surface area contributed by atoms with Gasteiger partial charge < -0.3 is 14.9 Å². The number of fused-ring (bicyclic) bond motifs is 1. The van der Waals surface area contributed by atoms with Crippen LogP contribution in [0.4, 0.5) is 0 Å². The van der Waals surface area contributed by atoms with Gasteiger partial charge in [0.2, 0.25) is 0 Å². The minimum atomic E-state index is -0.775. The highest BCUT2D eigenvalue weighted by atomic mass is 16.3. The molecule has 0 aromatic heterocycles. The van der Waals surface area contributed by atoms with Gasteiger partial charge in [0.1, 0.15) is 0 Å². The summed E-state index contributed by atoms with van der Waals surface area (Å²) in [6, 6.07) is 13.9. The molecule has 0 aliphatic carbocycles. The number of benzene rings is 2. The van der Waals surface area contributed by atoms with Crippen LogP contribution in [0.1, 0.15) is 36.0 Å². The highest BCUT2D eigenvalue weighted by Crippen LogP contribution is 2.27. The number of hydrogen-bond donors (Lipinski definition) is 1. The maximum absolute atomic E-state index is 13.1. The number of piperidine rings is 1. The molecule has 1 amide bonds. The minimum Gasteiger partial charge on any atom is -0.387 e. The van der Waals surface area contributed by atoms with Crippen LogP contribution in [-0.2, 0) is 0 Å². The van der Waals surface area contributed by atoms with Crippen LogP contribution in [0.3, 0.4) is 0 Å². The van der Waals surface area contributed by atoms with Gasteiger partial charge in [-0.2, -0.15) is 0 Å². The van der Waals surface area contributed by atoms with Gasteiger partial charge >= 0.3 is 0 Å². The molecule has 25 heavy (non-hydrogen) atoms. The SMILES string of the molecule is O=C(c1cccc2ccccc12)N1CCC[C@@](O)(CN2CCCC2)C1. The molecule has 0 spiro atoms. The second-order valence-corrected chi connectivity index (χ2v) is 7.56. The molecular formula is C21H26N2O2. The summed E-state index contributed by atoms with van der Waals surface area (Å²) < 4.78 is 0. The first kappa shape index (κ1) is 16.6. The quantitative estimate of drug-likeness (QED) is 0.936. The monoisotopic (exact) mass is 338 g/mol. The summed E-state index contributed by atoms with van der Waals surface area (Å²) in [5.41, 5.74) is -0.0356. The maximum atomic E-state index is 13.1. The zero-order valence-corrected chi connectivity index (χ0v) is 14.7. The van der Waals surface area contributed by atoms with E-state index in [2.05, 4.69) is 4.90 Å². The molecule has 0 radical (unpaired) electrons. The Morgan fingerprint density at radius 2 is 1.76 bits per heavy atom. The molecule has 132 valence electrons. The Bertz CT molecular complexity index is 764. The molecule has 0 bridgehead atoms. The normalized spacial score (nSPS) is 24.8. The Morgan fingerprint density at radius 1 is 1.00 bits per heavy atom. The Hall–Kier alpha value is -1.91. The van der Waals surface area contributed by atoms with Crippen LogP contribution >= 0.6 is 0 Å². The predicted octanol–water partition coefficient (Wildman–Crippen LogP) is 2.90. The van der Waals surface area contributed by atoms with Crippen molar-refractivity contribution in [3.63, 3.8) is 0 Å². The van der Waals surface area contributed by atoms with E-state index in [4.69, 9.17) is 0 Å². The summed E-state index contributed by atoms with van der Waals surface area (Å²) in [4.78, 5) is 17.3. The largest absolute Gasteiger partial charge is 0.387 e. The van der Waals surface area contributed by atoms with Crippen molar-refractivity contribution >= 4 is 16.7 Å². The molecule has 2 saturated heterocycles. The summed E-state index contributed by atoms with van der Waals surface area (Å²) in [5.74, 6) is 0.0383. The van der Waals surface area contributed by atoms with Crippen molar-refractivity contribution in [2.24, 2.45) is 0 Å². The van der Waals surface area contributed by atoms with Crippen molar-refractivity contribution in [2.75, 3.05) is 32.7 Å². The number of hydrogen-bond acceptors (Lipinski definition) is 3. The van der Waals surface area contributed by atoms with Gasteiger partial charge in [-0.25, -0.2) is 0 Å². The van der Waals surface area contributed by atoms with Crippen LogP contribution < -0.4 is 0 Å². The van der Waals surface area contributed by atoms with Crippen LogP contribution in [0.15, 0.2) is 42.5 Å². The lowest BCUT2D eigenvalue weighted by Gasteiger charge is -2.41. The van der Waals surface area contributed by atoms with Crippen LogP contribution in [0.2, 0.25) is 0 Å². The van der Waals surface area contributed by atoms with Crippen LogP contribution in [-0.4, -0.2) is 59.1 Å². The standard InChI is InChI=1S/C21H26N2O2/c24-20(19-10-5-8-17-7-1-2-9-18(17)19)23-14-6-11-21(25,16-23)15-22-12-3-4-13-22/h1-2,5,7-10,25H,3-4,6,11-16H2/t21-/m1/s1. The van der Waals surface area contributed by atoms with Crippen LogP contribution in [0, 0.1) is 0 Å². The molecular weight excluding hydrogens is 312 g/mol. The van der Waals surface area contributed by atoms with Crippen molar-refractivity contribution in [1.82, 2.24) is 9.80 Å². The molecule has 0 saturated carbocycles. The maximum Gasteiger partial charge on any atom is 0.254 e.